The van der Waals surface area contributed by atoms with Crippen molar-refractivity contribution in [1.82, 2.24) is 15.0 Å². The number of aromatic nitrogens is 3. The molecule has 1 aliphatic heterocycles. The average molecular weight is 608 g/mol. The van der Waals surface area contributed by atoms with Gasteiger partial charge in [-0.2, -0.15) is 0 Å². The zero-order chi connectivity index (χ0) is 31.5. The van der Waals surface area contributed by atoms with Gasteiger partial charge in [0.1, 0.15) is 0 Å². The Bertz CT molecular complexity index is 2310. The van der Waals surface area contributed by atoms with Crippen LogP contribution in [0, 0.1) is 0 Å². The van der Waals surface area contributed by atoms with E-state index < -0.39 is 0 Å². The van der Waals surface area contributed by atoms with E-state index in [1.165, 1.54) is 16.7 Å². The van der Waals surface area contributed by atoms with E-state index >= 15 is 0 Å². The lowest BCUT2D eigenvalue weighted by Gasteiger charge is -2.25. The highest BCUT2D eigenvalue weighted by molar-refractivity contribution is 5.88. The van der Waals surface area contributed by atoms with Gasteiger partial charge in [0, 0.05) is 27.7 Å². The van der Waals surface area contributed by atoms with Gasteiger partial charge in [-0.3, -0.25) is 0 Å². The predicted octanol–water partition coefficient (Wildman–Crippen LogP) is 10.7. The van der Waals surface area contributed by atoms with E-state index in [4.69, 9.17) is 24.4 Å². The summed E-state index contributed by atoms with van der Waals surface area (Å²) in [6, 6.07) is 47.3. The van der Waals surface area contributed by atoms with Gasteiger partial charge in [-0.05, 0) is 52.1 Å². The summed E-state index contributed by atoms with van der Waals surface area (Å²) < 4.78 is 13.2. The molecule has 1 aliphatic carbocycles. The van der Waals surface area contributed by atoms with Gasteiger partial charge in [-0.1, -0.05) is 129 Å². The molecule has 0 N–H and O–H groups in total. The first-order chi connectivity index (χ1) is 23.0. The Kier molecular flexibility index (Phi) is 6.09. The molecule has 0 fully saturated rings. The van der Waals surface area contributed by atoms with Gasteiger partial charge >= 0.3 is 0 Å². The van der Waals surface area contributed by atoms with Gasteiger partial charge in [0.2, 0.25) is 0 Å². The molecule has 47 heavy (non-hydrogen) atoms. The third-order valence-corrected chi connectivity index (χ3v) is 9.22. The fourth-order valence-electron chi connectivity index (χ4n) is 6.76. The van der Waals surface area contributed by atoms with E-state index in [1.54, 1.807) is 0 Å². The van der Waals surface area contributed by atoms with Crippen LogP contribution in [0.1, 0.15) is 25.0 Å². The lowest BCUT2D eigenvalue weighted by atomic mass is 9.82. The van der Waals surface area contributed by atoms with Gasteiger partial charge < -0.3 is 9.47 Å². The number of benzene rings is 6. The van der Waals surface area contributed by atoms with Crippen LogP contribution in [0.4, 0.5) is 0 Å². The summed E-state index contributed by atoms with van der Waals surface area (Å²) in [7, 11) is 0. The molecule has 0 amide bonds. The zero-order valence-corrected chi connectivity index (χ0v) is 25.9. The van der Waals surface area contributed by atoms with Crippen molar-refractivity contribution >= 4 is 0 Å². The molecule has 0 unspecified atom stereocenters. The fraction of sp³-hybridized carbons (Fsp3) is 0.0714. The Labute approximate surface area is 273 Å². The molecule has 0 bridgehead atoms. The van der Waals surface area contributed by atoms with Gasteiger partial charge in [0.25, 0.3) is 0 Å². The molecule has 0 atom stereocenters. The Hall–Kier alpha value is -6.07. The molecule has 0 spiro atoms. The predicted molar refractivity (Wildman–Crippen MR) is 186 cm³/mol. The molecular weight excluding hydrogens is 578 g/mol. The van der Waals surface area contributed by atoms with E-state index in [9.17, 15) is 0 Å². The normalized spacial score (nSPS) is 13.4. The molecule has 5 heteroatoms. The van der Waals surface area contributed by atoms with E-state index in [1.807, 2.05) is 72.8 Å². The van der Waals surface area contributed by atoms with Crippen LogP contribution in [-0.2, 0) is 5.41 Å². The largest absolute Gasteiger partial charge is 0.449 e. The second-order valence-electron chi connectivity index (χ2n) is 12.5. The Balaban J connectivity index is 1.13. The first kappa shape index (κ1) is 27.3. The lowest BCUT2D eigenvalue weighted by Crippen LogP contribution is -2.15. The summed E-state index contributed by atoms with van der Waals surface area (Å²) in [6.45, 7) is 4.52. The molecule has 9 rings (SSSR count). The monoisotopic (exact) mass is 607 g/mol. The minimum atomic E-state index is -0.138. The van der Waals surface area contributed by atoms with Crippen molar-refractivity contribution in [2.75, 3.05) is 0 Å². The maximum Gasteiger partial charge on any atom is 0.178 e. The first-order valence-electron chi connectivity index (χ1n) is 15.8. The number of hydrogen-bond donors (Lipinski definition) is 0. The lowest BCUT2D eigenvalue weighted by molar-refractivity contribution is 0.360. The molecule has 2 heterocycles. The van der Waals surface area contributed by atoms with Gasteiger partial charge in [-0.25, -0.2) is 15.0 Å². The van der Waals surface area contributed by atoms with Crippen LogP contribution in [0.3, 0.4) is 0 Å². The number of rotatable bonds is 4. The average Bonchev–Trinajstić information content (AvgIpc) is 3.37. The molecule has 1 aromatic heterocycles. The third-order valence-electron chi connectivity index (χ3n) is 9.22. The molecular formula is C42H29N3O2. The second-order valence-corrected chi connectivity index (χ2v) is 12.5. The highest BCUT2D eigenvalue weighted by Crippen LogP contribution is 2.58. The summed E-state index contributed by atoms with van der Waals surface area (Å²) in [6.07, 6.45) is 0. The van der Waals surface area contributed by atoms with Crippen molar-refractivity contribution in [1.29, 1.82) is 0 Å². The number of ether oxygens (including phenoxy) is 2. The van der Waals surface area contributed by atoms with Crippen LogP contribution in [0.2, 0.25) is 0 Å². The minimum absolute atomic E-state index is 0.138. The Morgan fingerprint density at radius 3 is 1.68 bits per heavy atom. The summed E-state index contributed by atoms with van der Waals surface area (Å²) in [5, 5.41) is 0. The van der Waals surface area contributed by atoms with Crippen molar-refractivity contribution in [2.24, 2.45) is 0 Å². The number of nitrogens with zero attached hydrogens (tertiary/aromatic N) is 3. The van der Waals surface area contributed by atoms with Gasteiger partial charge in [-0.15, -0.1) is 0 Å². The van der Waals surface area contributed by atoms with Crippen LogP contribution in [0.25, 0.3) is 56.4 Å². The molecule has 7 aromatic rings. The number of fused-ring (bicyclic) bond motifs is 6. The van der Waals surface area contributed by atoms with Crippen LogP contribution >= 0.6 is 0 Å². The van der Waals surface area contributed by atoms with Crippen molar-refractivity contribution in [3.63, 3.8) is 0 Å². The highest BCUT2D eigenvalue weighted by Gasteiger charge is 2.39. The summed E-state index contributed by atoms with van der Waals surface area (Å²) in [5.41, 5.74) is 9.59. The summed E-state index contributed by atoms with van der Waals surface area (Å²) in [5.74, 6) is 4.50. The van der Waals surface area contributed by atoms with Crippen LogP contribution in [-0.4, -0.2) is 15.0 Å². The third kappa shape index (κ3) is 4.50. The molecule has 5 nitrogen and oxygen atoms in total. The zero-order valence-electron chi connectivity index (χ0n) is 25.9. The Morgan fingerprint density at radius 2 is 0.957 bits per heavy atom. The smallest absolute Gasteiger partial charge is 0.178 e. The fourth-order valence-corrected chi connectivity index (χ4v) is 6.76. The molecule has 0 saturated carbocycles. The van der Waals surface area contributed by atoms with Crippen LogP contribution in [0.5, 0.6) is 23.0 Å². The van der Waals surface area contributed by atoms with Crippen molar-refractivity contribution < 1.29 is 9.47 Å². The second kappa shape index (κ2) is 10.5. The summed E-state index contributed by atoms with van der Waals surface area (Å²) in [4.78, 5) is 14.8. The standard InChI is InChI=1S/C42H29N3O2/c1-42(2)32-16-10-9-15-31(32)37-33(42)22-24-35-38(37)47-36-25-30(21-23-34(36)46-35)41-44-39(28-13-7-4-8-14-28)43-40(45-41)29-19-17-27(18-20-29)26-11-5-3-6-12-26/h3-25H,1-2H3. The maximum atomic E-state index is 6.72. The van der Waals surface area contributed by atoms with Crippen molar-refractivity contribution in [2.45, 2.75) is 19.3 Å². The topological polar surface area (TPSA) is 57.1 Å². The molecule has 0 radical (unpaired) electrons. The molecule has 0 saturated heterocycles. The Morgan fingerprint density at radius 1 is 0.426 bits per heavy atom. The molecule has 224 valence electrons. The van der Waals surface area contributed by atoms with Gasteiger partial charge in [0.05, 0.1) is 0 Å². The van der Waals surface area contributed by atoms with E-state index in [0.29, 0.717) is 34.7 Å². The first-order valence-corrected chi connectivity index (χ1v) is 15.8. The maximum absolute atomic E-state index is 6.72. The van der Waals surface area contributed by atoms with Crippen LogP contribution in [0.15, 0.2) is 140 Å². The minimum Gasteiger partial charge on any atom is -0.449 e. The number of hydrogen-bond acceptors (Lipinski definition) is 5. The summed E-state index contributed by atoms with van der Waals surface area (Å²) >= 11 is 0. The molecule has 6 aromatic carbocycles. The van der Waals surface area contributed by atoms with Crippen molar-refractivity contribution in [3.8, 4) is 79.4 Å². The van der Waals surface area contributed by atoms with E-state index in [0.717, 1.165) is 39.1 Å². The van der Waals surface area contributed by atoms with Crippen molar-refractivity contribution in [3.05, 3.63) is 151 Å². The van der Waals surface area contributed by atoms with Crippen LogP contribution < -0.4 is 9.47 Å². The quantitative estimate of drug-likeness (QED) is 0.199. The highest BCUT2D eigenvalue weighted by atomic mass is 16.6. The van der Waals surface area contributed by atoms with Gasteiger partial charge in [0.15, 0.2) is 40.5 Å². The SMILES string of the molecule is CC1(C)c2ccccc2-c2c1ccc1c2Oc2cc(-c3nc(-c4ccccc4)nc(-c4ccc(-c5ccccc5)cc4)n3)ccc2O1. The van der Waals surface area contributed by atoms with E-state index in [-0.39, 0.29) is 5.41 Å². The molecule has 2 aliphatic rings. The van der Waals surface area contributed by atoms with E-state index in [2.05, 4.69) is 80.6 Å².